The van der Waals surface area contributed by atoms with Crippen molar-refractivity contribution in [2.24, 2.45) is 0 Å². The van der Waals surface area contributed by atoms with Crippen molar-refractivity contribution in [3.05, 3.63) is 42.0 Å². The van der Waals surface area contributed by atoms with E-state index in [0.29, 0.717) is 0 Å². The van der Waals surface area contributed by atoms with E-state index in [1.54, 1.807) is 6.08 Å². The first-order chi connectivity index (χ1) is 5.93. The predicted molar refractivity (Wildman–Crippen MR) is 55.6 cm³/mol. The molecule has 0 saturated carbocycles. The van der Waals surface area contributed by atoms with Gasteiger partial charge in [-0.3, -0.25) is 0 Å². The summed E-state index contributed by atoms with van der Waals surface area (Å²) in [5.74, 6) is 0. The third-order valence-electron chi connectivity index (χ3n) is 1.18. The van der Waals surface area contributed by atoms with Crippen molar-refractivity contribution in [1.29, 1.82) is 5.41 Å². The van der Waals surface area contributed by atoms with E-state index in [-0.39, 0.29) is 0 Å². The standard InChI is InChI=1S/C9H9N.C2H6/c10-8-4-7-9-5-2-1-3-6-9;1-2/h1-8,10H;1-2H3/b7-4-,10-8?;. The lowest BCUT2D eigenvalue weighted by molar-refractivity contribution is 1.50. The van der Waals surface area contributed by atoms with Gasteiger partial charge in [0.1, 0.15) is 0 Å². The number of allylic oxidation sites excluding steroid dienone is 1. The van der Waals surface area contributed by atoms with E-state index in [9.17, 15) is 0 Å². The van der Waals surface area contributed by atoms with E-state index in [2.05, 4.69) is 0 Å². The monoisotopic (exact) mass is 161 g/mol. The van der Waals surface area contributed by atoms with Crippen LogP contribution in [0.1, 0.15) is 19.4 Å². The van der Waals surface area contributed by atoms with Crippen LogP contribution < -0.4 is 0 Å². The Morgan fingerprint density at radius 3 is 2.17 bits per heavy atom. The molecule has 0 atom stereocenters. The summed E-state index contributed by atoms with van der Waals surface area (Å²) >= 11 is 0. The lowest BCUT2D eigenvalue weighted by atomic mass is 10.2. The van der Waals surface area contributed by atoms with Crippen LogP contribution in [0, 0.1) is 5.41 Å². The maximum absolute atomic E-state index is 6.74. The molecule has 1 heteroatoms. The van der Waals surface area contributed by atoms with Crippen LogP contribution in [0.3, 0.4) is 0 Å². The van der Waals surface area contributed by atoms with Crippen LogP contribution in [-0.2, 0) is 0 Å². The SMILES string of the molecule is CC.N=C/C=C\c1ccccc1. The van der Waals surface area contributed by atoms with Crippen LogP contribution in [-0.4, -0.2) is 6.21 Å². The van der Waals surface area contributed by atoms with Gasteiger partial charge in [-0.1, -0.05) is 50.3 Å². The highest BCUT2D eigenvalue weighted by atomic mass is 14.3. The van der Waals surface area contributed by atoms with Gasteiger partial charge in [-0.05, 0) is 11.6 Å². The Morgan fingerprint density at radius 2 is 1.67 bits per heavy atom. The highest BCUT2D eigenvalue weighted by Gasteiger charge is 1.78. The molecule has 0 radical (unpaired) electrons. The fourth-order valence-corrected chi connectivity index (χ4v) is 0.723. The number of hydrogen-bond donors (Lipinski definition) is 1. The number of nitrogens with one attached hydrogen (secondary N) is 1. The van der Waals surface area contributed by atoms with Crippen LogP contribution in [0.4, 0.5) is 0 Å². The Hall–Kier alpha value is -1.37. The van der Waals surface area contributed by atoms with E-state index in [1.807, 2.05) is 50.3 Å². The van der Waals surface area contributed by atoms with Crippen LogP contribution >= 0.6 is 0 Å². The Labute approximate surface area is 74.3 Å². The molecule has 0 amide bonds. The molecule has 0 bridgehead atoms. The van der Waals surface area contributed by atoms with E-state index < -0.39 is 0 Å². The van der Waals surface area contributed by atoms with Gasteiger partial charge in [-0.25, -0.2) is 0 Å². The predicted octanol–water partition coefficient (Wildman–Crippen LogP) is 3.38. The molecular weight excluding hydrogens is 146 g/mol. The average molecular weight is 161 g/mol. The molecule has 1 rings (SSSR count). The van der Waals surface area contributed by atoms with Crippen LogP contribution in [0.25, 0.3) is 6.08 Å². The van der Waals surface area contributed by atoms with Crippen molar-refractivity contribution in [3.63, 3.8) is 0 Å². The third kappa shape index (κ3) is 4.45. The fraction of sp³-hybridized carbons (Fsp3) is 0.182. The molecule has 0 aliphatic heterocycles. The fourth-order valence-electron chi connectivity index (χ4n) is 0.723. The Morgan fingerprint density at radius 1 is 1.08 bits per heavy atom. The third-order valence-corrected chi connectivity index (χ3v) is 1.18. The summed E-state index contributed by atoms with van der Waals surface area (Å²) in [6.45, 7) is 4.00. The zero-order chi connectivity index (χ0) is 9.23. The zero-order valence-electron chi connectivity index (χ0n) is 7.62. The molecule has 12 heavy (non-hydrogen) atoms. The minimum atomic E-state index is 1.13. The second-order valence-corrected chi connectivity index (χ2v) is 1.94. The lowest BCUT2D eigenvalue weighted by Gasteiger charge is -1.87. The second kappa shape index (κ2) is 7.73. The highest BCUT2D eigenvalue weighted by molar-refractivity contribution is 5.75. The number of benzene rings is 1. The van der Waals surface area contributed by atoms with Crippen LogP contribution in [0.5, 0.6) is 0 Å². The van der Waals surface area contributed by atoms with Gasteiger partial charge in [-0.2, -0.15) is 0 Å². The van der Waals surface area contributed by atoms with E-state index in [1.165, 1.54) is 6.21 Å². The Balaban J connectivity index is 0.000000561. The number of rotatable bonds is 2. The highest BCUT2D eigenvalue weighted by Crippen LogP contribution is 1.99. The second-order valence-electron chi connectivity index (χ2n) is 1.94. The summed E-state index contributed by atoms with van der Waals surface area (Å²) in [5.41, 5.74) is 1.13. The van der Waals surface area contributed by atoms with Gasteiger partial charge in [0.05, 0.1) is 0 Å². The van der Waals surface area contributed by atoms with Crippen molar-refractivity contribution in [2.75, 3.05) is 0 Å². The molecule has 0 saturated heterocycles. The molecule has 0 heterocycles. The van der Waals surface area contributed by atoms with Crippen LogP contribution in [0.2, 0.25) is 0 Å². The molecule has 0 spiro atoms. The molecule has 64 valence electrons. The van der Waals surface area contributed by atoms with Crippen molar-refractivity contribution in [2.45, 2.75) is 13.8 Å². The summed E-state index contributed by atoms with van der Waals surface area (Å²) in [4.78, 5) is 0. The molecular formula is C11H15N. The van der Waals surface area contributed by atoms with E-state index in [0.717, 1.165) is 5.56 Å². The first-order valence-electron chi connectivity index (χ1n) is 4.15. The van der Waals surface area contributed by atoms with Crippen LogP contribution in [0.15, 0.2) is 36.4 Å². The molecule has 0 aromatic heterocycles. The first-order valence-corrected chi connectivity index (χ1v) is 4.15. The van der Waals surface area contributed by atoms with Crippen molar-refractivity contribution >= 4 is 12.3 Å². The summed E-state index contributed by atoms with van der Waals surface area (Å²) in [6.07, 6.45) is 4.87. The molecule has 0 unspecified atom stereocenters. The van der Waals surface area contributed by atoms with E-state index >= 15 is 0 Å². The van der Waals surface area contributed by atoms with Crippen molar-refractivity contribution in [1.82, 2.24) is 0 Å². The lowest BCUT2D eigenvalue weighted by Crippen LogP contribution is -1.67. The van der Waals surface area contributed by atoms with Crippen molar-refractivity contribution < 1.29 is 0 Å². The van der Waals surface area contributed by atoms with Gasteiger partial charge >= 0.3 is 0 Å². The molecule has 0 aliphatic rings. The largest absolute Gasteiger partial charge is 0.309 e. The normalized spacial score (nSPS) is 8.83. The molecule has 1 aromatic rings. The number of hydrogen-bond acceptors (Lipinski definition) is 1. The Bertz CT molecular complexity index is 224. The van der Waals surface area contributed by atoms with Gasteiger partial charge in [0.2, 0.25) is 0 Å². The Kier molecular flexibility index (Phi) is 6.85. The quantitative estimate of drug-likeness (QED) is 0.643. The van der Waals surface area contributed by atoms with Gasteiger partial charge in [0.25, 0.3) is 0 Å². The smallest absolute Gasteiger partial charge is 0.0177 e. The summed E-state index contributed by atoms with van der Waals surface area (Å²) in [6, 6.07) is 9.93. The van der Waals surface area contributed by atoms with Gasteiger partial charge in [0.15, 0.2) is 0 Å². The average Bonchev–Trinajstić information content (AvgIpc) is 2.19. The molecule has 1 aromatic carbocycles. The molecule has 1 N–H and O–H groups in total. The topological polar surface area (TPSA) is 23.9 Å². The van der Waals surface area contributed by atoms with Gasteiger partial charge in [0, 0.05) is 6.21 Å². The summed E-state index contributed by atoms with van der Waals surface area (Å²) in [7, 11) is 0. The summed E-state index contributed by atoms with van der Waals surface area (Å²) < 4.78 is 0. The zero-order valence-corrected chi connectivity index (χ0v) is 7.62. The van der Waals surface area contributed by atoms with Crippen molar-refractivity contribution in [3.8, 4) is 0 Å². The first kappa shape index (κ1) is 10.6. The van der Waals surface area contributed by atoms with E-state index in [4.69, 9.17) is 5.41 Å². The minimum absolute atomic E-state index is 1.13. The molecule has 0 fully saturated rings. The molecule has 0 aliphatic carbocycles. The maximum atomic E-state index is 6.74. The molecule has 1 nitrogen and oxygen atoms in total. The minimum Gasteiger partial charge on any atom is -0.309 e. The van der Waals surface area contributed by atoms with Gasteiger partial charge in [-0.15, -0.1) is 0 Å². The van der Waals surface area contributed by atoms with Gasteiger partial charge < -0.3 is 5.41 Å². The maximum Gasteiger partial charge on any atom is 0.0177 e. The summed E-state index contributed by atoms with van der Waals surface area (Å²) in [5, 5.41) is 6.74.